The lowest BCUT2D eigenvalue weighted by atomic mass is 10.1. The molecule has 0 saturated heterocycles. The number of nitrogens with one attached hydrogen (secondary N) is 1. The van der Waals surface area contributed by atoms with Gasteiger partial charge in [-0.1, -0.05) is 45.4 Å². The van der Waals surface area contributed by atoms with Crippen LogP contribution in [-0.2, 0) is 4.79 Å². The third kappa shape index (κ3) is 4.23. The fourth-order valence-electron chi connectivity index (χ4n) is 2.27. The van der Waals surface area contributed by atoms with Crippen molar-refractivity contribution in [1.82, 2.24) is 5.16 Å². The van der Waals surface area contributed by atoms with Gasteiger partial charge in [-0.2, -0.15) is 0 Å². The molecule has 0 aliphatic rings. The second-order valence-corrected chi connectivity index (χ2v) is 6.40. The normalized spacial score (nSPS) is 11.7. The van der Waals surface area contributed by atoms with E-state index in [1.54, 1.807) is 32.2 Å². The van der Waals surface area contributed by atoms with Crippen LogP contribution < -0.4 is 14.8 Å². The number of amides is 1. The van der Waals surface area contributed by atoms with Gasteiger partial charge in [0.1, 0.15) is 5.69 Å². The maximum absolute atomic E-state index is 12.3. The minimum absolute atomic E-state index is 0.253. The van der Waals surface area contributed by atoms with Gasteiger partial charge in [0.25, 0.3) is 5.91 Å². The molecule has 6 nitrogen and oxygen atoms in total. The van der Waals surface area contributed by atoms with Crippen LogP contribution >= 0.6 is 15.9 Å². The molecule has 1 N–H and O–H groups in total. The largest absolute Gasteiger partial charge is 0.493 e. The Balaban J connectivity index is 1.65. The van der Waals surface area contributed by atoms with Gasteiger partial charge in [0.2, 0.25) is 5.88 Å². The first kappa shape index (κ1) is 18.0. The average Bonchev–Trinajstić information content (AvgIpc) is 3.11. The van der Waals surface area contributed by atoms with Crippen molar-refractivity contribution in [2.24, 2.45) is 0 Å². The lowest BCUT2D eigenvalue weighted by Crippen LogP contribution is -2.30. The summed E-state index contributed by atoms with van der Waals surface area (Å²) in [5, 5.41) is 6.63. The second-order valence-electron chi connectivity index (χ2n) is 5.48. The van der Waals surface area contributed by atoms with Gasteiger partial charge >= 0.3 is 0 Å². The Bertz CT molecular complexity index is 893. The van der Waals surface area contributed by atoms with Gasteiger partial charge in [-0.3, -0.25) is 10.1 Å². The Morgan fingerprint density at radius 1 is 1.15 bits per heavy atom. The smallest absolute Gasteiger partial charge is 0.267 e. The van der Waals surface area contributed by atoms with Crippen molar-refractivity contribution in [3.05, 3.63) is 59.1 Å². The number of aromatic nitrogens is 1. The highest BCUT2D eigenvalue weighted by Crippen LogP contribution is 2.27. The predicted molar refractivity (Wildman–Crippen MR) is 101 cm³/mol. The minimum Gasteiger partial charge on any atom is -0.493 e. The van der Waals surface area contributed by atoms with Crippen molar-refractivity contribution in [2.75, 3.05) is 12.4 Å². The molecule has 0 bridgehead atoms. The number of methoxy groups -OCH3 is 1. The van der Waals surface area contributed by atoms with E-state index >= 15 is 0 Å². The molecule has 7 heteroatoms. The maximum atomic E-state index is 12.3. The zero-order chi connectivity index (χ0) is 18.5. The third-order valence-electron chi connectivity index (χ3n) is 3.64. The highest BCUT2D eigenvalue weighted by atomic mass is 79.9. The standard InChI is InChI=1S/C19H17BrN2O4/c1-12(25-17-6-4-3-5-16(17)24-2)19(23)21-18-11-15(22-26-18)13-7-9-14(20)10-8-13/h3-12H,1-2H3,(H,21,23)/t12-/m1/s1. The summed E-state index contributed by atoms with van der Waals surface area (Å²) in [6, 6.07) is 16.4. The molecule has 1 heterocycles. The van der Waals surface area contributed by atoms with E-state index < -0.39 is 6.10 Å². The zero-order valence-electron chi connectivity index (χ0n) is 14.2. The molecular weight excluding hydrogens is 400 g/mol. The first-order valence-electron chi connectivity index (χ1n) is 7.90. The summed E-state index contributed by atoms with van der Waals surface area (Å²) in [4.78, 5) is 12.3. The van der Waals surface area contributed by atoms with E-state index in [0.717, 1.165) is 10.0 Å². The summed E-state index contributed by atoms with van der Waals surface area (Å²) in [6.45, 7) is 1.65. The van der Waals surface area contributed by atoms with Crippen LogP contribution in [0.15, 0.2) is 63.6 Å². The molecule has 1 atom stereocenters. The van der Waals surface area contributed by atoms with Crippen LogP contribution in [0, 0.1) is 0 Å². The Labute approximate surface area is 159 Å². The van der Waals surface area contributed by atoms with E-state index in [2.05, 4.69) is 26.4 Å². The second kappa shape index (κ2) is 8.05. The van der Waals surface area contributed by atoms with E-state index in [1.807, 2.05) is 36.4 Å². The van der Waals surface area contributed by atoms with Crippen LogP contribution in [0.3, 0.4) is 0 Å². The lowest BCUT2D eigenvalue weighted by molar-refractivity contribution is -0.122. The minimum atomic E-state index is -0.743. The molecule has 1 amide bonds. The van der Waals surface area contributed by atoms with Crippen molar-refractivity contribution >= 4 is 27.7 Å². The number of halogens is 1. The molecule has 0 radical (unpaired) electrons. The Morgan fingerprint density at radius 3 is 2.54 bits per heavy atom. The number of para-hydroxylation sites is 2. The summed E-state index contributed by atoms with van der Waals surface area (Å²) < 4.78 is 17.1. The molecule has 3 aromatic rings. The Kier molecular flexibility index (Phi) is 5.58. The molecule has 26 heavy (non-hydrogen) atoms. The summed E-state index contributed by atoms with van der Waals surface area (Å²) >= 11 is 3.39. The molecule has 2 aromatic carbocycles. The first-order chi connectivity index (χ1) is 12.6. The van der Waals surface area contributed by atoms with Gasteiger partial charge in [0, 0.05) is 16.1 Å². The summed E-state index contributed by atoms with van der Waals surface area (Å²) in [5.74, 6) is 0.952. The topological polar surface area (TPSA) is 73.6 Å². The number of hydrogen-bond donors (Lipinski definition) is 1. The van der Waals surface area contributed by atoms with Crippen LogP contribution in [0.1, 0.15) is 6.92 Å². The van der Waals surface area contributed by atoms with E-state index in [-0.39, 0.29) is 11.8 Å². The molecule has 1 aromatic heterocycles. The van der Waals surface area contributed by atoms with E-state index in [1.165, 1.54) is 0 Å². The molecule has 0 aliphatic heterocycles. The molecule has 0 unspecified atom stereocenters. The van der Waals surface area contributed by atoms with Crippen molar-refractivity contribution in [3.63, 3.8) is 0 Å². The van der Waals surface area contributed by atoms with Crippen molar-refractivity contribution in [3.8, 4) is 22.8 Å². The maximum Gasteiger partial charge on any atom is 0.267 e. The summed E-state index contributed by atoms with van der Waals surface area (Å²) in [6.07, 6.45) is -0.743. The Morgan fingerprint density at radius 2 is 1.85 bits per heavy atom. The number of ether oxygens (including phenoxy) is 2. The van der Waals surface area contributed by atoms with Crippen LogP contribution in [0.5, 0.6) is 11.5 Å². The number of nitrogens with zero attached hydrogens (tertiary/aromatic N) is 1. The lowest BCUT2D eigenvalue weighted by Gasteiger charge is -2.15. The SMILES string of the molecule is COc1ccccc1O[C@H](C)C(=O)Nc1cc(-c2ccc(Br)cc2)no1. The van der Waals surface area contributed by atoms with Gasteiger partial charge < -0.3 is 14.0 Å². The van der Waals surface area contributed by atoms with Gasteiger partial charge in [-0.05, 0) is 31.2 Å². The fourth-order valence-corrected chi connectivity index (χ4v) is 2.54. The highest BCUT2D eigenvalue weighted by Gasteiger charge is 2.19. The molecule has 0 spiro atoms. The number of benzene rings is 2. The van der Waals surface area contributed by atoms with E-state index in [4.69, 9.17) is 14.0 Å². The van der Waals surface area contributed by atoms with Crippen molar-refractivity contribution in [2.45, 2.75) is 13.0 Å². The van der Waals surface area contributed by atoms with E-state index in [0.29, 0.717) is 17.2 Å². The fraction of sp³-hybridized carbons (Fsp3) is 0.158. The molecule has 134 valence electrons. The monoisotopic (exact) mass is 416 g/mol. The molecular formula is C19H17BrN2O4. The molecule has 0 fully saturated rings. The molecule has 3 rings (SSSR count). The third-order valence-corrected chi connectivity index (χ3v) is 4.17. The number of carbonyl (C=O) groups is 1. The van der Waals surface area contributed by atoms with Gasteiger partial charge in [0.15, 0.2) is 17.6 Å². The highest BCUT2D eigenvalue weighted by molar-refractivity contribution is 9.10. The Hall–Kier alpha value is -2.80. The van der Waals surface area contributed by atoms with Crippen LogP contribution in [-0.4, -0.2) is 24.3 Å². The first-order valence-corrected chi connectivity index (χ1v) is 8.69. The number of carbonyl (C=O) groups excluding carboxylic acids is 1. The van der Waals surface area contributed by atoms with Gasteiger partial charge in [0.05, 0.1) is 7.11 Å². The number of rotatable bonds is 6. The molecule has 0 aliphatic carbocycles. The van der Waals surface area contributed by atoms with Gasteiger partial charge in [-0.15, -0.1) is 0 Å². The molecule has 0 saturated carbocycles. The zero-order valence-corrected chi connectivity index (χ0v) is 15.8. The summed E-state index contributed by atoms with van der Waals surface area (Å²) in [5.41, 5.74) is 1.52. The van der Waals surface area contributed by atoms with Crippen LogP contribution in [0.4, 0.5) is 5.88 Å². The number of anilines is 1. The summed E-state index contributed by atoms with van der Waals surface area (Å²) in [7, 11) is 1.55. The van der Waals surface area contributed by atoms with Crippen LogP contribution in [0.2, 0.25) is 0 Å². The number of hydrogen-bond acceptors (Lipinski definition) is 5. The van der Waals surface area contributed by atoms with Crippen molar-refractivity contribution in [1.29, 1.82) is 0 Å². The quantitative estimate of drug-likeness (QED) is 0.639. The van der Waals surface area contributed by atoms with Gasteiger partial charge in [-0.25, -0.2) is 0 Å². The average molecular weight is 417 g/mol. The van der Waals surface area contributed by atoms with Crippen molar-refractivity contribution < 1.29 is 18.8 Å². The predicted octanol–water partition coefficient (Wildman–Crippen LogP) is 4.52. The van der Waals surface area contributed by atoms with Crippen LogP contribution in [0.25, 0.3) is 11.3 Å². The van der Waals surface area contributed by atoms with E-state index in [9.17, 15) is 4.79 Å².